The number of amides is 1. The normalized spacial score (nSPS) is 13.3. The van der Waals surface area contributed by atoms with E-state index in [0.29, 0.717) is 30.8 Å². The zero-order valence-electron chi connectivity index (χ0n) is 16.7. The maximum Gasteiger partial charge on any atom is 0.270 e. The van der Waals surface area contributed by atoms with E-state index in [1.807, 2.05) is 0 Å². The molecule has 0 fully saturated rings. The largest absolute Gasteiger partial charge is 0.322 e. The van der Waals surface area contributed by atoms with Crippen LogP contribution in [-0.4, -0.2) is 25.8 Å². The fourth-order valence-corrected chi connectivity index (χ4v) is 5.43. The highest BCUT2D eigenvalue weighted by Crippen LogP contribution is 2.34. The van der Waals surface area contributed by atoms with E-state index in [4.69, 9.17) is 11.6 Å². The van der Waals surface area contributed by atoms with Gasteiger partial charge in [0.15, 0.2) is 0 Å². The van der Waals surface area contributed by atoms with E-state index in [-0.39, 0.29) is 21.2 Å². The Morgan fingerprint density at radius 1 is 1.06 bits per heavy atom. The van der Waals surface area contributed by atoms with Crippen molar-refractivity contribution in [3.63, 3.8) is 0 Å². The van der Waals surface area contributed by atoms with Gasteiger partial charge in [-0.15, -0.1) is 0 Å². The third kappa shape index (κ3) is 4.17. The molecule has 0 unspecified atom stereocenters. The number of nitrogens with zero attached hydrogens (tertiary/aromatic N) is 2. The highest BCUT2D eigenvalue weighted by atomic mass is 35.5. The zero-order chi connectivity index (χ0) is 22.9. The molecule has 3 aromatic carbocycles. The second kappa shape index (κ2) is 8.60. The molecule has 0 saturated heterocycles. The van der Waals surface area contributed by atoms with Gasteiger partial charge in [0.1, 0.15) is 0 Å². The van der Waals surface area contributed by atoms with Crippen LogP contribution in [0.3, 0.4) is 0 Å². The molecular weight excluding hydrogens is 454 g/mol. The number of rotatable bonds is 5. The average Bonchev–Trinajstić information content (AvgIpc) is 2.78. The first-order valence-electron chi connectivity index (χ1n) is 9.73. The molecule has 3 aromatic rings. The number of anilines is 2. The van der Waals surface area contributed by atoms with Crippen molar-refractivity contribution in [1.29, 1.82) is 0 Å². The monoisotopic (exact) mass is 471 g/mol. The average molecular weight is 472 g/mol. The van der Waals surface area contributed by atoms with Gasteiger partial charge in [-0.1, -0.05) is 29.8 Å². The van der Waals surface area contributed by atoms with E-state index in [9.17, 15) is 23.3 Å². The lowest BCUT2D eigenvalue weighted by atomic mass is 10.0. The topological polar surface area (TPSA) is 110 Å². The van der Waals surface area contributed by atoms with E-state index in [1.165, 1.54) is 16.4 Å². The van der Waals surface area contributed by atoms with Gasteiger partial charge in [0, 0.05) is 24.4 Å². The molecule has 0 aliphatic carbocycles. The molecule has 164 valence electrons. The number of sulfonamides is 1. The van der Waals surface area contributed by atoms with Crippen LogP contribution in [0.25, 0.3) is 0 Å². The Bertz CT molecular complexity index is 1310. The van der Waals surface area contributed by atoms with Crippen LogP contribution < -0.4 is 9.62 Å². The van der Waals surface area contributed by atoms with Gasteiger partial charge in [-0.25, -0.2) is 8.42 Å². The molecule has 1 aliphatic rings. The second-order valence-corrected chi connectivity index (χ2v) is 9.48. The van der Waals surface area contributed by atoms with Crippen LogP contribution in [0.4, 0.5) is 17.1 Å². The van der Waals surface area contributed by atoms with E-state index >= 15 is 0 Å². The van der Waals surface area contributed by atoms with Crippen LogP contribution in [0, 0.1) is 10.1 Å². The van der Waals surface area contributed by atoms with Gasteiger partial charge in [0.05, 0.1) is 26.1 Å². The summed E-state index contributed by atoms with van der Waals surface area (Å²) in [5.74, 6) is -0.519. The lowest BCUT2D eigenvalue weighted by molar-refractivity contribution is -0.384. The molecule has 0 saturated carbocycles. The summed E-state index contributed by atoms with van der Waals surface area (Å²) >= 11 is 6.04. The first-order valence-corrected chi connectivity index (χ1v) is 11.6. The Hall–Kier alpha value is -3.43. The Balaban J connectivity index is 1.59. The minimum absolute atomic E-state index is 0.0326. The van der Waals surface area contributed by atoms with E-state index in [2.05, 4.69) is 5.32 Å². The first kappa shape index (κ1) is 21.8. The molecule has 8 nitrogen and oxygen atoms in total. The van der Waals surface area contributed by atoms with Crippen molar-refractivity contribution in [2.24, 2.45) is 0 Å². The van der Waals surface area contributed by atoms with Crippen LogP contribution in [0.2, 0.25) is 5.02 Å². The lowest BCUT2D eigenvalue weighted by Crippen LogP contribution is -2.35. The first-order chi connectivity index (χ1) is 15.3. The maximum atomic E-state index is 13.1. The number of hydrogen-bond acceptors (Lipinski definition) is 5. The van der Waals surface area contributed by atoms with Crippen molar-refractivity contribution in [3.8, 4) is 0 Å². The summed E-state index contributed by atoms with van der Waals surface area (Å²) in [6.45, 7) is 0.369. The second-order valence-electron chi connectivity index (χ2n) is 7.21. The molecular formula is C22H18ClN3O5S. The number of hydrogen-bond donors (Lipinski definition) is 1. The Morgan fingerprint density at radius 2 is 1.81 bits per heavy atom. The van der Waals surface area contributed by atoms with Gasteiger partial charge in [-0.2, -0.15) is 0 Å². The highest BCUT2D eigenvalue weighted by molar-refractivity contribution is 7.92. The number of halogens is 1. The smallest absolute Gasteiger partial charge is 0.270 e. The SMILES string of the molecule is O=C(Nc1ccc2c(c1)CCCN2S(=O)(=O)c1ccccc1)c1ccc([N+](=O)[O-])cc1Cl. The van der Waals surface area contributed by atoms with Gasteiger partial charge >= 0.3 is 0 Å². The summed E-state index contributed by atoms with van der Waals surface area (Å²) in [6, 6.07) is 16.9. The summed E-state index contributed by atoms with van der Waals surface area (Å²) in [6.07, 6.45) is 1.31. The summed E-state index contributed by atoms with van der Waals surface area (Å²) in [4.78, 5) is 23.1. The Kier molecular flexibility index (Phi) is 5.86. The molecule has 10 heteroatoms. The van der Waals surface area contributed by atoms with Gasteiger partial charge in [0.2, 0.25) is 0 Å². The number of aryl methyl sites for hydroxylation is 1. The van der Waals surface area contributed by atoms with Gasteiger partial charge in [-0.05, 0) is 54.8 Å². The molecule has 0 aromatic heterocycles. The quantitative estimate of drug-likeness (QED) is 0.430. The van der Waals surface area contributed by atoms with Gasteiger partial charge in [0.25, 0.3) is 21.6 Å². The number of carbonyl (C=O) groups excluding carboxylic acids is 1. The van der Waals surface area contributed by atoms with Gasteiger partial charge < -0.3 is 5.32 Å². The molecule has 1 heterocycles. The van der Waals surface area contributed by atoms with Crippen LogP contribution in [0.15, 0.2) is 71.6 Å². The number of non-ortho nitro benzene ring substituents is 1. The Labute approximate surface area is 189 Å². The van der Waals surface area contributed by atoms with Crippen LogP contribution in [-0.2, 0) is 16.4 Å². The highest BCUT2D eigenvalue weighted by Gasteiger charge is 2.29. The minimum Gasteiger partial charge on any atom is -0.322 e. The van der Waals surface area contributed by atoms with Crippen LogP contribution >= 0.6 is 11.6 Å². The van der Waals surface area contributed by atoms with E-state index in [0.717, 1.165) is 11.6 Å². The third-order valence-corrected chi connectivity index (χ3v) is 7.29. The van der Waals surface area contributed by atoms with Crippen molar-refractivity contribution < 1.29 is 18.1 Å². The zero-order valence-corrected chi connectivity index (χ0v) is 18.3. The predicted octanol–water partition coefficient (Wildman–Crippen LogP) is 4.64. The van der Waals surface area contributed by atoms with Crippen LogP contribution in [0.5, 0.6) is 0 Å². The van der Waals surface area contributed by atoms with E-state index in [1.54, 1.807) is 48.5 Å². The van der Waals surface area contributed by atoms with Crippen molar-refractivity contribution in [1.82, 2.24) is 0 Å². The van der Waals surface area contributed by atoms with E-state index < -0.39 is 20.9 Å². The minimum atomic E-state index is -3.70. The van der Waals surface area contributed by atoms with Gasteiger partial charge in [-0.3, -0.25) is 19.2 Å². The molecule has 1 amide bonds. The number of nitro benzene ring substituents is 1. The lowest BCUT2D eigenvalue weighted by Gasteiger charge is -2.31. The number of nitrogens with one attached hydrogen (secondary N) is 1. The summed E-state index contributed by atoms with van der Waals surface area (Å²) in [5.41, 5.74) is 1.74. The third-order valence-electron chi connectivity index (χ3n) is 5.15. The van der Waals surface area contributed by atoms with Crippen molar-refractivity contribution in [2.45, 2.75) is 17.7 Å². The number of fused-ring (bicyclic) bond motifs is 1. The van der Waals surface area contributed by atoms with Crippen molar-refractivity contribution in [2.75, 3.05) is 16.2 Å². The summed E-state index contributed by atoms with van der Waals surface area (Å²) < 4.78 is 27.6. The number of nitro groups is 1. The summed E-state index contributed by atoms with van der Waals surface area (Å²) in [5, 5.41) is 13.5. The Morgan fingerprint density at radius 3 is 2.50 bits per heavy atom. The standard InChI is InChI=1S/C22H18ClN3O5S/c23-20-14-17(26(28)29)9-10-19(20)22(27)24-16-8-11-21-15(13-16)5-4-12-25(21)32(30,31)18-6-2-1-3-7-18/h1-3,6-11,13-14H,4-5,12H2,(H,24,27). The van der Waals surface area contributed by atoms with Crippen LogP contribution in [0.1, 0.15) is 22.3 Å². The fourth-order valence-electron chi connectivity index (χ4n) is 3.61. The molecule has 0 atom stereocenters. The molecule has 0 spiro atoms. The maximum absolute atomic E-state index is 13.1. The molecule has 1 aliphatic heterocycles. The van der Waals surface area contributed by atoms with Crippen molar-refractivity contribution >= 4 is 44.6 Å². The molecule has 1 N–H and O–H groups in total. The molecule has 0 bridgehead atoms. The predicted molar refractivity (Wildman–Crippen MR) is 122 cm³/mol. The fraction of sp³-hybridized carbons (Fsp3) is 0.136. The summed E-state index contributed by atoms with van der Waals surface area (Å²) in [7, 11) is -3.70. The molecule has 0 radical (unpaired) electrons. The number of benzene rings is 3. The molecule has 32 heavy (non-hydrogen) atoms. The number of carbonyl (C=O) groups is 1. The van der Waals surface area contributed by atoms with Crippen molar-refractivity contribution in [3.05, 3.63) is 93.0 Å². The molecule has 4 rings (SSSR count).